The van der Waals surface area contributed by atoms with Crippen molar-refractivity contribution in [3.8, 4) is 0 Å². The maximum atomic E-state index is 12.2. The zero-order chi connectivity index (χ0) is 16.6. The van der Waals surface area contributed by atoms with Crippen LogP contribution >= 0.6 is 11.3 Å². The summed E-state index contributed by atoms with van der Waals surface area (Å²) in [6, 6.07) is 1.94. The van der Waals surface area contributed by atoms with Crippen molar-refractivity contribution in [1.82, 2.24) is 16.0 Å². The maximum absolute atomic E-state index is 12.2. The van der Waals surface area contributed by atoms with E-state index in [-0.39, 0.29) is 5.91 Å². The molecular formula is C16H19N3O3S. The summed E-state index contributed by atoms with van der Waals surface area (Å²) < 4.78 is 4.95. The van der Waals surface area contributed by atoms with Gasteiger partial charge in [-0.1, -0.05) is 12.1 Å². The van der Waals surface area contributed by atoms with Gasteiger partial charge < -0.3 is 4.52 Å². The third kappa shape index (κ3) is 3.14. The van der Waals surface area contributed by atoms with Crippen molar-refractivity contribution in [2.75, 3.05) is 0 Å². The van der Waals surface area contributed by atoms with Gasteiger partial charge in [-0.25, -0.2) is 0 Å². The molecule has 0 spiro atoms. The minimum Gasteiger partial charge on any atom is -0.361 e. The lowest BCUT2D eigenvalue weighted by Gasteiger charge is -2.16. The van der Waals surface area contributed by atoms with Gasteiger partial charge in [-0.3, -0.25) is 20.4 Å². The predicted molar refractivity (Wildman–Crippen MR) is 86.4 cm³/mol. The molecule has 1 aliphatic rings. The van der Waals surface area contributed by atoms with Crippen LogP contribution in [0.1, 0.15) is 55.3 Å². The van der Waals surface area contributed by atoms with Crippen LogP contribution in [0.5, 0.6) is 0 Å². The van der Waals surface area contributed by atoms with Crippen LogP contribution in [0.15, 0.2) is 10.6 Å². The number of thiophene rings is 1. The molecule has 122 valence electrons. The third-order valence-electron chi connectivity index (χ3n) is 4.10. The highest BCUT2D eigenvalue weighted by atomic mass is 32.1. The van der Waals surface area contributed by atoms with Gasteiger partial charge in [-0.15, -0.1) is 11.3 Å². The number of aryl methyl sites for hydroxylation is 3. The summed E-state index contributed by atoms with van der Waals surface area (Å²) in [6.07, 6.45) is 3.21. The first-order valence-corrected chi connectivity index (χ1v) is 8.42. The highest BCUT2D eigenvalue weighted by Gasteiger charge is 2.22. The molecule has 0 unspecified atom stereocenters. The van der Waals surface area contributed by atoms with Crippen molar-refractivity contribution in [1.29, 1.82) is 0 Å². The fourth-order valence-electron chi connectivity index (χ4n) is 2.86. The van der Waals surface area contributed by atoms with Crippen molar-refractivity contribution in [3.05, 3.63) is 38.4 Å². The Bertz CT molecular complexity index is 743. The Labute approximate surface area is 138 Å². The lowest BCUT2D eigenvalue weighted by Crippen LogP contribution is -2.41. The fraction of sp³-hybridized carbons (Fsp3) is 0.438. The Morgan fingerprint density at radius 3 is 2.74 bits per heavy atom. The van der Waals surface area contributed by atoms with E-state index in [4.69, 9.17) is 4.52 Å². The Morgan fingerprint density at radius 1 is 1.30 bits per heavy atom. The second-order valence-corrected chi connectivity index (χ2v) is 7.15. The molecule has 2 aromatic heterocycles. The smallest absolute Gasteiger partial charge is 0.279 e. The maximum Gasteiger partial charge on any atom is 0.279 e. The molecule has 0 saturated heterocycles. The molecule has 23 heavy (non-hydrogen) atoms. The molecule has 1 aliphatic carbocycles. The molecule has 2 heterocycles. The van der Waals surface area contributed by atoms with E-state index in [0.29, 0.717) is 27.8 Å². The summed E-state index contributed by atoms with van der Waals surface area (Å²) in [5.74, 6) is 0.365. The molecule has 0 radical (unpaired) electrons. The van der Waals surface area contributed by atoms with Crippen LogP contribution in [0, 0.1) is 19.8 Å². The van der Waals surface area contributed by atoms with Gasteiger partial charge in [0, 0.05) is 4.88 Å². The highest BCUT2D eigenvalue weighted by molar-refractivity contribution is 7.14. The van der Waals surface area contributed by atoms with Gasteiger partial charge in [0.1, 0.15) is 11.3 Å². The Balaban J connectivity index is 1.65. The van der Waals surface area contributed by atoms with Crippen molar-refractivity contribution >= 4 is 23.2 Å². The third-order valence-corrected chi connectivity index (χ3v) is 5.34. The number of carbonyl (C=O) groups is 2. The van der Waals surface area contributed by atoms with E-state index in [1.54, 1.807) is 13.8 Å². The SMILES string of the molecule is Cc1noc(C)c1C(=O)NNC(=O)c1cc2c(s1)CC[C@@H](C)C2. The summed E-state index contributed by atoms with van der Waals surface area (Å²) in [6.45, 7) is 5.57. The average molecular weight is 333 g/mol. The van der Waals surface area contributed by atoms with Crippen LogP contribution in [0.25, 0.3) is 0 Å². The highest BCUT2D eigenvalue weighted by Crippen LogP contribution is 2.32. The van der Waals surface area contributed by atoms with Gasteiger partial charge in [0.05, 0.1) is 10.6 Å². The number of fused-ring (bicyclic) bond motifs is 1. The summed E-state index contributed by atoms with van der Waals surface area (Å²) >= 11 is 1.51. The first-order chi connectivity index (χ1) is 11.0. The fourth-order valence-corrected chi connectivity index (χ4v) is 3.97. The van der Waals surface area contributed by atoms with E-state index in [2.05, 4.69) is 22.9 Å². The van der Waals surface area contributed by atoms with Gasteiger partial charge in [0.2, 0.25) is 0 Å². The van der Waals surface area contributed by atoms with Crippen LogP contribution in [-0.4, -0.2) is 17.0 Å². The topological polar surface area (TPSA) is 84.2 Å². The first-order valence-electron chi connectivity index (χ1n) is 7.61. The van der Waals surface area contributed by atoms with Gasteiger partial charge in [-0.2, -0.15) is 0 Å². The van der Waals surface area contributed by atoms with Crippen molar-refractivity contribution in [2.24, 2.45) is 5.92 Å². The van der Waals surface area contributed by atoms with Crippen LogP contribution in [0.3, 0.4) is 0 Å². The van der Waals surface area contributed by atoms with Crippen molar-refractivity contribution < 1.29 is 14.1 Å². The first kappa shape index (κ1) is 15.7. The predicted octanol–water partition coefficient (Wildman–Crippen LogP) is 2.55. The van der Waals surface area contributed by atoms with Gasteiger partial charge in [0.25, 0.3) is 11.8 Å². The summed E-state index contributed by atoms with van der Waals surface area (Å²) in [7, 11) is 0. The normalized spacial score (nSPS) is 16.7. The molecule has 0 bridgehead atoms. The molecular weight excluding hydrogens is 314 g/mol. The average Bonchev–Trinajstić information content (AvgIpc) is 3.07. The van der Waals surface area contributed by atoms with E-state index >= 15 is 0 Å². The molecule has 0 aromatic carbocycles. The number of hydrazine groups is 1. The quantitative estimate of drug-likeness (QED) is 0.827. The number of carbonyl (C=O) groups excluding carboxylic acids is 2. The molecule has 2 N–H and O–H groups in total. The Hall–Kier alpha value is -2.15. The minimum absolute atomic E-state index is 0.294. The van der Waals surface area contributed by atoms with Crippen LogP contribution in [0.4, 0.5) is 0 Å². The molecule has 3 rings (SSSR count). The molecule has 2 aromatic rings. The Kier molecular flexibility index (Phi) is 4.21. The number of amides is 2. The number of hydrogen-bond acceptors (Lipinski definition) is 5. The van der Waals surface area contributed by atoms with E-state index in [1.165, 1.54) is 21.8 Å². The van der Waals surface area contributed by atoms with Crippen molar-refractivity contribution in [3.63, 3.8) is 0 Å². The van der Waals surface area contributed by atoms with Gasteiger partial charge >= 0.3 is 0 Å². The Morgan fingerprint density at radius 2 is 2.04 bits per heavy atom. The van der Waals surface area contributed by atoms with E-state index in [0.717, 1.165) is 19.3 Å². The second-order valence-electron chi connectivity index (χ2n) is 6.01. The van der Waals surface area contributed by atoms with Gasteiger partial charge in [0.15, 0.2) is 0 Å². The van der Waals surface area contributed by atoms with E-state index in [9.17, 15) is 9.59 Å². The second kappa shape index (κ2) is 6.16. The number of rotatable bonds is 2. The molecule has 6 nitrogen and oxygen atoms in total. The largest absolute Gasteiger partial charge is 0.361 e. The van der Waals surface area contributed by atoms with Crippen LogP contribution in [-0.2, 0) is 12.8 Å². The standard InChI is InChI=1S/C16H19N3O3S/c1-8-4-5-12-11(6-8)7-13(23-12)15(20)17-18-16(21)14-9(2)19-22-10(14)3/h7-8H,4-6H2,1-3H3,(H,17,20)(H,18,21)/t8-/m1/s1. The zero-order valence-electron chi connectivity index (χ0n) is 13.4. The van der Waals surface area contributed by atoms with Crippen LogP contribution in [0.2, 0.25) is 0 Å². The molecule has 0 saturated carbocycles. The summed E-state index contributed by atoms with van der Waals surface area (Å²) in [5, 5.41) is 3.73. The van der Waals surface area contributed by atoms with E-state index < -0.39 is 5.91 Å². The minimum atomic E-state index is -0.426. The lowest BCUT2D eigenvalue weighted by molar-refractivity contribution is 0.0847. The van der Waals surface area contributed by atoms with E-state index in [1.807, 2.05) is 6.07 Å². The monoisotopic (exact) mass is 333 g/mol. The number of nitrogens with zero attached hydrogens (tertiary/aromatic N) is 1. The summed E-state index contributed by atoms with van der Waals surface area (Å²) in [5.41, 5.74) is 6.99. The number of aromatic nitrogens is 1. The van der Waals surface area contributed by atoms with Crippen LogP contribution < -0.4 is 10.9 Å². The summed E-state index contributed by atoms with van der Waals surface area (Å²) in [4.78, 5) is 26.2. The molecule has 7 heteroatoms. The lowest BCUT2D eigenvalue weighted by atomic mass is 9.90. The zero-order valence-corrected chi connectivity index (χ0v) is 14.2. The molecule has 1 atom stereocenters. The van der Waals surface area contributed by atoms with Gasteiger partial charge in [-0.05, 0) is 50.7 Å². The number of nitrogens with one attached hydrogen (secondary N) is 2. The number of hydrogen-bond donors (Lipinski definition) is 2. The molecule has 2 amide bonds. The molecule has 0 aliphatic heterocycles. The molecule has 0 fully saturated rings. The van der Waals surface area contributed by atoms with Crippen molar-refractivity contribution in [2.45, 2.75) is 40.0 Å².